The van der Waals surface area contributed by atoms with Crippen LogP contribution in [0.3, 0.4) is 0 Å². The molecule has 5 heteroatoms. The fourth-order valence-electron chi connectivity index (χ4n) is 2.07. The zero-order chi connectivity index (χ0) is 15.1. The largest absolute Gasteiger partial charge is 0.463 e. The quantitative estimate of drug-likeness (QED) is 0.717. The molecule has 1 heterocycles. The SMILES string of the molecule is COC(=O)c1ccc(C(C)N(CCC#N)CC(C)C)o1. The molecule has 0 amide bonds. The second-order valence-electron chi connectivity index (χ2n) is 5.17. The molecule has 1 aromatic heterocycles. The van der Waals surface area contributed by atoms with E-state index >= 15 is 0 Å². The first kappa shape index (κ1) is 16.3. The van der Waals surface area contributed by atoms with Crippen LogP contribution in [-0.4, -0.2) is 31.1 Å². The molecule has 0 saturated carbocycles. The Morgan fingerprint density at radius 3 is 2.70 bits per heavy atom. The molecule has 5 nitrogen and oxygen atoms in total. The molecule has 1 atom stereocenters. The molecule has 0 spiro atoms. The molecule has 0 aromatic carbocycles. The van der Waals surface area contributed by atoms with Crippen LogP contribution in [0.4, 0.5) is 0 Å². The number of nitriles is 1. The van der Waals surface area contributed by atoms with Crippen molar-refractivity contribution in [3.63, 3.8) is 0 Å². The van der Waals surface area contributed by atoms with Gasteiger partial charge in [0.15, 0.2) is 0 Å². The summed E-state index contributed by atoms with van der Waals surface area (Å²) in [7, 11) is 1.33. The van der Waals surface area contributed by atoms with Gasteiger partial charge in [0.2, 0.25) is 5.76 Å². The Labute approximate surface area is 120 Å². The Bertz CT molecular complexity index is 474. The zero-order valence-electron chi connectivity index (χ0n) is 12.5. The lowest BCUT2D eigenvalue weighted by Gasteiger charge is -2.28. The first-order chi connectivity index (χ1) is 9.49. The van der Waals surface area contributed by atoms with E-state index in [1.165, 1.54) is 7.11 Å². The van der Waals surface area contributed by atoms with Crippen LogP contribution >= 0.6 is 0 Å². The standard InChI is InChI=1S/C15H22N2O3/c1-11(2)10-17(9-5-8-16)12(3)13-6-7-14(20-13)15(18)19-4/h6-7,11-12H,5,9-10H2,1-4H3. The van der Waals surface area contributed by atoms with Crippen LogP contribution in [0.25, 0.3) is 0 Å². The molecule has 20 heavy (non-hydrogen) atoms. The number of carbonyl (C=O) groups excluding carboxylic acids is 1. The summed E-state index contributed by atoms with van der Waals surface area (Å²) in [5.74, 6) is 0.935. The van der Waals surface area contributed by atoms with Crippen molar-refractivity contribution in [2.45, 2.75) is 33.2 Å². The molecule has 0 aliphatic rings. The summed E-state index contributed by atoms with van der Waals surface area (Å²) in [6, 6.07) is 5.59. The minimum atomic E-state index is -0.476. The lowest BCUT2D eigenvalue weighted by Crippen LogP contribution is -2.31. The molecule has 0 aliphatic heterocycles. The molecule has 0 bridgehead atoms. The van der Waals surface area contributed by atoms with Gasteiger partial charge in [-0.25, -0.2) is 4.79 Å². The number of hydrogen-bond acceptors (Lipinski definition) is 5. The molecular formula is C15H22N2O3. The predicted molar refractivity (Wildman–Crippen MR) is 75.1 cm³/mol. The van der Waals surface area contributed by atoms with E-state index in [-0.39, 0.29) is 11.8 Å². The minimum absolute atomic E-state index is 0.0177. The van der Waals surface area contributed by atoms with Crippen LogP contribution < -0.4 is 0 Å². The van der Waals surface area contributed by atoms with Gasteiger partial charge in [-0.15, -0.1) is 0 Å². The van der Waals surface area contributed by atoms with Gasteiger partial charge in [-0.05, 0) is 25.0 Å². The van der Waals surface area contributed by atoms with Crippen LogP contribution in [0.2, 0.25) is 0 Å². The highest BCUT2D eigenvalue weighted by atomic mass is 16.5. The van der Waals surface area contributed by atoms with Crippen LogP contribution in [0, 0.1) is 17.2 Å². The molecule has 1 unspecified atom stereocenters. The van der Waals surface area contributed by atoms with Crippen molar-refractivity contribution in [3.8, 4) is 6.07 Å². The van der Waals surface area contributed by atoms with Crippen molar-refractivity contribution in [2.75, 3.05) is 20.2 Å². The molecule has 0 N–H and O–H groups in total. The first-order valence-electron chi connectivity index (χ1n) is 6.78. The van der Waals surface area contributed by atoms with Crippen molar-refractivity contribution < 1.29 is 13.9 Å². The fourth-order valence-corrected chi connectivity index (χ4v) is 2.07. The van der Waals surface area contributed by atoms with E-state index in [9.17, 15) is 4.79 Å². The second-order valence-corrected chi connectivity index (χ2v) is 5.17. The highest BCUT2D eigenvalue weighted by molar-refractivity contribution is 5.86. The van der Waals surface area contributed by atoms with Crippen molar-refractivity contribution >= 4 is 5.97 Å². The van der Waals surface area contributed by atoms with Gasteiger partial charge in [-0.2, -0.15) is 5.26 Å². The number of esters is 1. The van der Waals surface area contributed by atoms with E-state index in [1.807, 2.05) is 6.92 Å². The predicted octanol–water partition coefficient (Wildman–Crippen LogP) is 3.00. The Balaban J connectivity index is 2.82. The molecule has 0 radical (unpaired) electrons. The van der Waals surface area contributed by atoms with Crippen molar-refractivity contribution in [1.82, 2.24) is 4.90 Å². The summed E-state index contributed by atoms with van der Waals surface area (Å²) in [5, 5.41) is 8.75. The lowest BCUT2D eigenvalue weighted by molar-refractivity contribution is 0.0558. The summed E-state index contributed by atoms with van der Waals surface area (Å²) in [4.78, 5) is 13.6. The number of ether oxygens (including phenoxy) is 1. The second kappa shape index (κ2) is 7.71. The van der Waals surface area contributed by atoms with Gasteiger partial charge in [0, 0.05) is 19.5 Å². The van der Waals surface area contributed by atoms with Gasteiger partial charge in [0.05, 0.1) is 19.2 Å². The smallest absolute Gasteiger partial charge is 0.373 e. The van der Waals surface area contributed by atoms with Gasteiger partial charge < -0.3 is 9.15 Å². The molecule has 1 aromatic rings. The van der Waals surface area contributed by atoms with E-state index in [0.29, 0.717) is 24.6 Å². The van der Waals surface area contributed by atoms with E-state index in [0.717, 1.165) is 6.54 Å². The lowest BCUT2D eigenvalue weighted by atomic mass is 10.1. The Kier molecular flexibility index (Phi) is 6.26. The van der Waals surface area contributed by atoms with Gasteiger partial charge in [0.25, 0.3) is 0 Å². The highest BCUT2D eigenvalue weighted by Gasteiger charge is 2.21. The van der Waals surface area contributed by atoms with E-state index < -0.39 is 5.97 Å². The summed E-state index contributed by atoms with van der Waals surface area (Å²) < 4.78 is 10.2. The molecule has 110 valence electrons. The molecular weight excluding hydrogens is 256 g/mol. The highest BCUT2D eigenvalue weighted by Crippen LogP contribution is 2.24. The average molecular weight is 278 g/mol. The number of furan rings is 1. The monoisotopic (exact) mass is 278 g/mol. The molecule has 0 fully saturated rings. The maximum Gasteiger partial charge on any atom is 0.373 e. The third-order valence-corrected chi connectivity index (χ3v) is 3.08. The third kappa shape index (κ3) is 4.39. The summed E-state index contributed by atoms with van der Waals surface area (Å²) >= 11 is 0. The number of nitrogens with zero attached hydrogens (tertiary/aromatic N) is 2. The Hall–Kier alpha value is -1.80. The van der Waals surface area contributed by atoms with Gasteiger partial charge in [0.1, 0.15) is 5.76 Å². The topological polar surface area (TPSA) is 66.5 Å². The zero-order valence-corrected chi connectivity index (χ0v) is 12.5. The number of carbonyl (C=O) groups is 1. The van der Waals surface area contributed by atoms with Crippen LogP contribution in [0.5, 0.6) is 0 Å². The van der Waals surface area contributed by atoms with Crippen LogP contribution in [0.1, 0.15) is 49.5 Å². The summed E-state index contributed by atoms with van der Waals surface area (Å²) in [5.41, 5.74) is 0. The van der Waals surface area contributed by atoms with Crippen molar-refractivity contribution in [2.24, 2.45) is 5.92 Å². The minimum Gasteiger partial charge on any atom is -0.463 e. The van der Waals surface area contributed by atoms with Crippen molar-refractivity contribution in [1.29, 1.82) is 5.26 Å². The maximum atomic E-state index is 11.4. The van der Waals surface area contributed by atoms with E-state index in [2.05, 4.69) is 29.6 Å². The third-order valence-electron chi connectivity index (χ3n) is 3.08. The van der Waals surface area contributed by atoms with Crippen LogP contribution in [-0.2, 0) is 4.74 Å². The number of hydrogen-bond donors (Lipinski definition) is 0. The number of rotatable bonds is 7. The van der Waals surface area contributed by atoms with Gasteiger partial charge >= 0.3 is 5.97 Å². The molecule has 0 aliphatic carbocycles. The van der Waals surface area contributed by atoms with Crippen LogP contribution in [0.15, 0.2) is 16.5 Å². The Morgan fingerprint density at radius 1 is 1.45 bits per heavy atom. The average Bonchev–Trinajstić information content (AvgIpc) is 2.91. The summed E-state index contributed by atoms with van der Waals surface area (Å²) in [6.07, 6.45) is 0.474. The Morgan fingerprint density at radius 2 is 2.15 bits per heavy atom. The molecule has 0 saturated heterocycles. The summed E-state index contributed by atoms with van der Waals surface area (Å²) in [6.45, 7) is 7.84. The maximum absolute atomic E-state index is 11.4. The normalized spacial score (nSPS) is 12.4. The van der Waals surface area contributed by atoms with Crippen molar-refractivity contribution in [3.05, 3.63) is 23.7 Å². The fraction of sp³-hybridized carbons (Fsp3) is 0.600. The van der Waals surface area contributed by atoms with Gasteiger partial charge in [-0.3, -0.25) is 4.90 Å². The molecule has 1 rings (SSSR count). The van der Waals surface area contributed by atoms with E-state index in [1.54, 1.807) is 12.1 Å². The van der Waals surface area contributed by atoms with E-state index in [4.69, 9.17) is 9.68 Å². The number of methoxy groups -OCH3 is 1. The van der Waals surface area contributed by atoms with Gasteiger partial charge in [-0.1, -0.05) is 13.8 Å². The first-order valence-corrected chi connectivity index (χ1v) is 6.78.